The van der Waals surface area contributed by atoms with Gasteiger partial charge < -0.3 is 15.6 Å². The third kappa shape index (κ3) is 3.67. The van der Waals surface area contributed by atoms with Crippen LogP contribution in [0.25, 0.3) is 10.9 Å². The van der Waals surface area contributed by atoms with E-state index in [1.807, 2.05) is 12.1 Å². The number of benzene rings is 2. The Morgan fingerprint density at radius 1 is 1.17 bits per heavy atom. The number of fused-ring (bicyclic) bond motifs is 1. The largest absolute Gasteiger partial charge is 0.334 e. The molecule has 0 radical (unpaired) electrons. The first-order valence-corrected chi connectivity index (χ1v) is 7.26. The first-order chi connectivity index (χ1) is 11.1. The Balaban J connectivity index is 1.65. The van der Waals surface area contributed by atoms with Gasteiger partial charge in [-0.1, -0.05) is 23.7 Å². The number of anilines is 1. The quantitative estimate of drug-likeness (QED) is 0.691. The Morgan fingerprint density at radius 3 is 2.74 bits per heavy atom. The van der Waals surface area contributed by atoms with E-state index in [9.17, 15) is 9.59 Å². The lowest BCUT2D eigenvalue weighted by atomic mass is 10.2. The second kappa shape index (κ2) is 6.50. The summed E-state index contributed by atoms with van der Waals surface area (Å²) < 4.78 is 0. The molecule has 7 heteroatoms. The van der Waals surface area contributed by atoms with Gasteiger partial charge in [0.25, 0.3) is 5.56 Å². The standard InChI is InChI=1S/C16H13ClN4O2/c17-11-3-1-10(2-4-11)8-18-16(23)21-12-5-6-13-14(7-12)19-9-20-15(13)22/h1-7,9H,8H2,(H2,18,21,23)(H,19,20,22). The molecule has 1 heterocycles. The molecule has 0 spiro atoms. The van der Waals surface area contributed by atoms with Gasteiger partial charge in [0.05, 0.1) is 17.2 Å². The maximum Gasteiger partial charge on any atom is 0.319 e. The molecule has 0 unspecified atom stereocenters. The van der Waals surface area contributed by atoms with Crippen LogP contribution in [0.3, 0.4) is 0 Å². The predicted molar refractivity (Wildman–Crippen MR) is 89.7 cm³/mol. The zero-order valence-electron chi connectivity index (χ0n) is 12.0. The van der Waals surface area contributed by atoms with Crippen LogP contribution in [-0.2, 0) is 6.54 Å². The number of nitrogens with one attached hydrogen (secondary N) is 3. The summed E-state index contributed by atoms with van der Waals surface area (Å²) in [4.78, 5) is 30.1. The maximum absolute atomic E-state index is 11.9. The van der Waals surface area contributed by atoms with Crippen LogP contribution in [0.5, 0.6) is 0 Å². The van der Waals surface area contributed by atoms with Gasteiger partial charge in [0, 0.05) is 17.3 Å². The molecule has 0 aliphatic heterocycles. The van der Waals surface area contributed by atoms with E-state index in [2.05, 4.69) is 20.6 Å². The Hall–Kier alpha value is -2.86. The van der Waals surface area contributed by atoms with Crippen molar-refractivity contribution in [1.29, 1.82) is 0 Å². The highest BCUT2D eigenvalue weighted by atomic mass is 35.5. The van der Waals surface area contributed by atoms with E-state index in [4.69, 9.17) is 11.6 Å². The average molecular weight is 329 g/mol. The van der Waals surface area contributed by atoms with Crippen LogP contribution in [0.2, 0.25) is 5.02 Å². The lowest BCUT2D eigenvalue weighted by Crippen LogP contribution is -2.28. The van der Waals surface area contributed by atoms with Gasteiger partial charge in [0.2, 0.25) is 0 Å². The lowest BCUT2D eigenvalue weighted by molar-refractivity contribution is 0.251. The number of carbonyl (C=O) groups excluding carboxylic acids is 1. The van der Waals surface area contributed by atoms with Crippen LogP contribution in [0.4, 0.5) is 10.5 Å². The van der Waals surface area contributed by atoms with Crippen LogP contribution in [0, 0.1) is 0 Å². The van der Waals surface area contributed by atoms with Crippen molar-refractivity contribution in [3.63, 3.8) is 0 Å². The fourth-order valence-corrected chi connectivity index (χ4v) is 2.23. The van der Waals surface area contributed by atoms with Gasteiger partial charge in [-0.05, 0) is 35.9 Å². The van der Waals surface area contributed by atoms with Gasteiger partial charge in [-0.3, -0.25) is 4.79 Å². The second-order valence-electron chi connectivity index (χ2n) is 4.90. The molecule has 0 aliphatic rings. The zero-order valence-corrected chi connectivity index (χ0v) is 12.7. The van der Waals surface area contributed by atoms with Crippen molar-refractivity contribution in [2.24, 2.45) is 0 Å². The molecule has 0 atom stereocenters. The molecule has 0 saturated heterocycles. The summed E-state index contributed by atoms with van der Waals surface area (Å²) in [5.74, 6) is 0. The number of urea groups is 1. The summed E-state index contributed by atoms with van der Waals surface area (Å²) in [5.41, 5.74) is 1.80. The molecular formula is C16H13ClN4O2. The Labute approximate surface area is 136 Å². The van der Waals surface area contributed by atoms with Crippen LogP contribution in [0.15, 0.2) is 53.6 Å². The molecule has 0 fully saturated rings. The third-order valence-corrected chi connectivity index (χ3v) is 3.52. The third-order valence-electron chi connectivity index (χ3n) is 3.27. The summed E-state index contributed by atoms with van der Waals surface area (Å²) in [6.07, 6.45) is 1.33. The van der Waals surface area contributed by atoms with Crippen LogP contribution >= 0.6 is 11.6 Å². The molecule has 2 aromatic carbocycles. The number of carbonyl (C=O) groups is 1. The zero-order chi connectivity index (χ0) is 16.2. The Kier molecular flexibility index (Phi) is 4.25. The second-order valence-corrected chi connectivity index (χ2v) is 5.33. The molecule has 0 bridgehead atoms. The molecular weight excluding hydrogens is 316 g/mol. The number of H-pyrrole nitrogens is 1. The fraction of sp³-hybridized carbons (Fsp3) is 0.0625. The van der Waals surface area contributed by atoms with E-state index in [1.54, 1.807) is 30.3 Å². The van der Waals surface area contributed by atoms with Crippen LogP contribution < -0.4 is 16.2 Å². The maximum atomic E-state index is 11.9. The number of aromatic amines is 1. The number of aromatic nitrogens is 2. The van der Waals surface area contributed by atoms with Gasteiger partial charge in [-0.2, -0.15) is 0 Å². The van der Waals surface area contributed by atoms with Crippen molar-refractivity contribution < 1.29 is 4.79 Å². The molecule has 3 N–H and O–H groups in total. The number of hydrogen-bond acceptors (Lipinski definition) is 3. The van der Waals surface area contributed by atoms with Crippen LogP contribution in [-0.4, -0.2) is 16.0 Å². The van der Waals surface area contributed by atoms with Crippen molar-refractivity contribution >= 4 is 34.2 Å². The highest BCUT2D eigenvalue weighted by Crippen LogP contribution is 2.14. The van der Waals surface area contributed by atoms with Gasteiger partial charge in [0.1, 0.15) is 0 Å². The summed E-state index contributed by atoms with van der Waals surface area (Å²) in [5, 5.41) is 6.57. The molecule has 2 amide bonds. The lowest BCUT2D eigenvalue weighted by Gasteiger charge is -2.08. The van der Waals surface area contributed by atoms with E-state index >= 15 is 0 Å². The molecule has 1 aromatic heterocycles. The first-order valence-electron chi connectivity index (χ1n) is 6.88. The van der Waals surface area contributed by atoms with Gasteiger partial charge in [-0.25, -0.2) is 9.78 Å². The van der Waals surface area contributed by atoms with Crippen molar-refractivity contribution in [2.75, 3.05) is 5.32 Å². The average Bonchev–Trinajstić information content (AvgIpc) is 2.54. The monoisotopic (exact) mass is 328 g/mol. The molecule has 23 heavy (non-hydrogen) atoms. The van der Waals surface area contributed by atoms with Crippen molar-refractivity contribution in [3.05, 3.63) is 69.7 Å². The van der Waals surface area contributed by atoms with E-state index in [-0.39, 0.29) is 11.6 Å². The molecule has 0 aliphatic carbocycles. The van der Waals surface area contributed by atoms with E-state index in [1.165, 1.54) is 6.33 Å². The highest BCUT2D eigenvalue weighted by Gasteiger charge is 2.05. The fourth-order valence-electron chi connectivity index (χ4n) is 2.11. The summed E-state index contributed by atoms with van der Waals surface area (Å²) in [7, 11) is 0. The van der Waals surface area contributed by atoms with Gasteiger partial charge in [-0.15, -0.1) is 0 Å². The Morgan fingerprint density at radius 2 is 1.96 bits per heavy atom. The van der Waals surface area contributed by atoms with Crippen LogP contribution in [0.1, 0.15) is 5.56 Å². The summed E-state index contributed by atoms with van der Waals surface area (Å²) in [6.45, 7) is 0.383. The number of hydrogen-bond donors (Lipinski definition) is 3. The molecule has 3 aromatic rings. The predicted octanol–water partition coefficient (Wildman–Crippen LogP) is 2.90. The number of rotatable bonds is 3. The summed E-state index contributed by atoms with van der Waals surface area (Å²) >= 11 is 5.81. The van der Waals surface area contributed by atoms with Crippen molar-refractivity contribution in [2.45, 2.75) is 6.54 Å². The van der Waals surface area contributed by atoms with E-state index < -0.39 is 0 Å². The highest BCUT2D eigenvalue weighted by molar-refractivity contribution is 6.30. The minimum absolute atomic E-state index is 0.214. The topological polar surface area (TPSA) is 86.9 Å². The minimum Gasteiger partial charge on any atom is -0.334 e. The van der Waals surface area contributed by atoms with Gasteiger partial charge >= 0.3 is 6.03 Å². The van der Waals surface area contributed by atoms with E-state index in [0.29, 0.717) is 28.2 Å². The molecule has 6 nitrogen and oxygen atoms in total. The normalized spacial score (nSPS) is 10.5. The molecule has 116 valence electrons. The number of nitrogens with zero attached hydrogens (tertiary/aromatic N) is 1. The Bertz CT molecular complexity index is 906. The minimum atomic E-state index is -0.343. The first kappa shape index (κ1) is 15.1. The van der Waals surface area contributed by atoms with Crippen molar-refractivity contribution in [1.82, 2.24) is 15.3 Å². The van der Waals surface area contributed by atoms with Gasteiger partial charge in [0.15, 0.2) is 0 Å². The number of halogens is 1. The van der Waals surface area contributed by atoms with Crippen molar-refractivity contribution in [3.8, 4) is 0 Å². The summed E-state index contributed by atoms with van der Waals surface area (Å²) in [6, 6.07) is 11.8. The molecule has 0 saturated carbocycles. The van der Waals surface area contributed by atoms with E-state index in [0.717, 1.165) is 5.56 Å². The number of amides is 2. The smallest absolute Gasteiger partial charge is 0.319 e. The molecule has 3 rings (SSSR count). The SMILES string of the molecule is O=C(NCc1ccc(Cl)cc1)Nc1ccc2c(=O)[nH]cnc2c1.